The van der Waals surface area contributed by atoms with Crippen molar-refractivity contribution < 1.29 is 9.15 Å². The van der Waals surface area contributed by atoms with Crippen LogP contribution >= 0.6 is 11.8 Å². The van der Waals surface area contributed by atoms with Crippen LogP contribution in [0.1, 0.15) is 16.7 Å². The topological polar surface area (TPSA) is 83.0 Å². The molecule has 0 saturated heterocycles. The van der Waals surface area contributed by atoms with Gasteiger partial charge < -0.3 is 9.15 Å². The van der Waals surface area contributed by atoms with Gasteiger partial charge in [0.25, 0.3) is 16.7 Å². The molecular formula is C27H24N4O3S. The number of thioether (sulfide) groups is 1. The molecule has 7 nitrogen and oxygen atoms in total. The van der Waals surface area contributed by atoms with Crippen LogP contribution in [0.3, 0.4) is 0 Å². The van der Waals surface area contributed by atoms with E-state index in [1.54, 1.807) is 6.07 Å². The van der Waals surface area contributed by atoms with Crippen molar-refractivity contribution in [3.8, 4) is 17.3 Å². The predicted molar refractivity (Wildman–Crippen MR) is 137 cm³/mol. The predicted octanol–water partition coefficient (Wildman–Crippen LogP) is 5.28. The average Bonchev–Trinajstić information content (AvgIpc) is 3.35. The average molecular weight is 485 g/mol. The molecule has 0 fully saturated rings. The second-order valence-electron chi connectivity index (χ2n) is 8.18. The molecular weight excluding hydrogens is 460 g/mol. The lowest BCUT2D eigenvalue weighted by atomic mass is 10.1. The fourth-order valence-electron chi connectivity index (χ4n) is 3.76. The van der Waals surface area contributed by atoms with Gasteiger partial charge in [0, 0.05) is 11.1 Å². The van der Waals surface area contributed by atoms with Gasteiger partial charge in [-0.25, -0.2) is 4.68 Å². The van der Waals surface area contributed by atoms with Gasteiger partial charge >= 0.3 is 0 Å². The lowest BCUT2D eigenvalue weighted by Crippen LogP contribution is -2.24. The molecule has 0 spiro atoms. The Labute approximate surface area is 206 Å². The summed E-state index contributed by atoms with van der Waals surface area (Å²) in [4.78, 5) is 13.1. The van der Waals surface area contributed by atoms with Gasteiger partial charge in [-0.05, 0) is 42.7 Å². The highest BCUT2D eigenvalue weighted by Gasteiger charge is 2.18. The molecule has 2 aromatic heterocycles. The highest BCUT2D eigenvalue weighted by Crippen LogP contribution is 2.27. The number of aromatic nitrogens is 4. The maximum Gasteiger partial charge on any atom is 0.277 e. The molecule has 8 heteroatoms. The summed E-state index contributed by atoms with van der Waals surface area (Å²) in [5.41, 5.74) is 3.57. The number of aryl methyl sites for hydroxylation is 2. The first-order valence-electron chi connectivity index (χ1n) is 11.3. The van der Waals surface area contributed by atoms with Crippen LogP contribution in [0.15, 0.2) is 87.2 Å². The van der Waals surface area contributed by atoms with Crippen molar-refractivity contribution in [2.45, 2.75) is 25.6 Å². The summed E-state index contributed by atoms with van der Waals surface area (Å²) >= 11 is 1.42. The van der Waals surface area contributed by atoms with Crippen LogP contribution in [0.25, 0.3) is 22.4 Å². The van der Waals surface area contributed by atoms with Gasteiger partial charge in [0.2, 0.25) is 0 Å². The van der Waals surface area contributed by atoms with Crippen molar-refractivity contribution in [2.75, 3.05) is 12.4 Å². The molecule has 0 N–H and O–H groups in total. The van der Waals surface area contributed by atoms with Gasteiger partial charge in [0.1, 0.15) is 5.75 Å². The number of nitrogens with zero attached hydrogens (tertiary/aromatic N) is 4. The zero-order chi connectivity index (χ0) is 24.2. The largest absolute Gasteiger partial charge is 0.492 e. The fourth-order valence-corrected chi connectivity index (χ4v) is 4.34. The lowest BCUT2D eigenvalue weighted by molar-refractivity contribution is 0.340. The van der Waals surface area contributed by atoms with Crippen molar-refractivity contribution in [2.24, 2.45) is 0 Å². The molecule has 0 radical (unpaired) electrons. The molecule has 5 aromatic rings. The summed E-state index contributed by atoms with van der Waals surface area (Å²) in [6.45, 7) is 4.93. The highest BCUT2D eigenvalue weighted by atomic mass is 32.2. The van der Waals surface area contributed by atoms with Gasteiger partial charge in [-0.1, -0.05) is 72.4 Å². The van der Waals surface area contributed by atoms with E-state index >= 15 is 0 Å². The molecule has 0 bridgehead atoms. The van der Waals surface area contributed by atoms with Crippen LogP contribution in [0.2, 0.25) is 0 Å². The number of ether oxygens (including phenoxy) is 1. The van der Waals surface area contributed by atoms with Gasteiger partial charge in [-0.2, -0.15) is 5.10 Å². The highest BCUT2D eigenvalue weighted by molar-refractivity contribution is 7.99. The maximum atomic E-state index is 13.1. The first kappa shape index (κ1) is 22.9. The van der Waals surface area contributed by atoms with Crippen molar-refractivity contribution in [3.05, 3.63) is 99.8 Å². The third-order valence-electron chi connectivity index (χ3n) is 5.56. The Balaban J connectivity index is 1.36. The van der Waals surface area contributed by atoms with E-state index in [1.807, 2.05) is 68.4 Å². The monoisotopic (exact) mass is 484 g/mol. The Morgan fingerprint density at radius 2 is 1.71 bits per heavy atom. The third-order valence-corrected chi connectivity index (χ3v) is 6.34. The minimum atomic E-state index is -0.161. The Bertz CT molecular complexity index is 1530. The molecule has 0 unspecified atom stereocenters. The Morgan fingerprint density at radius 3 is 2.54 bits per heavy atom. The number of hydrogen-bond acceptors (Lipinski definition) is 7. The van der Waals surface area contributed by atoms with E-state index in [-0.39, 0.29) is 11.4 Å². The zero-order valence-corrected chi connectivity index (χ0v) is 20.3. The molecule has 2 heterocycles. The molecule has 0 aliphatic rings. The molecule has 176 valence electrons. The second-order valence-corrected chi connectivity index (χ2v) is 9.23. The first-order chi connectivity index (χ1) is 17.1. The summed E-state index contributed by atoms with van der Waals surface area (Å²) < 4.78 is 13.3. The standard InChI is InChI=1S/C27H24N4O3S/c1-18-12-13-19(2)23(16-18)33-14-15-35-27-29-28-25(34-27)24-21-10-6-7-11-22(21)26(32)31(30-24)17-20-8-4-3-5-9-20/h3-13,16H,14-15,17H2,1-2H3. The number of benzene rings is 3. The molecule has 0 amide bonds. The van der Waals surface area contributed by atoms with Crippen LogP contribution in [0.5, 0.6) is 5.75 Å². The molecule has 3 aromatic carbocycles. The molecule has 0 atom stereocenters. The fraction of sp³-hybridized carbons (Fsp3) is 0.185. The van der Waals surface area contributed by atoms with E-state index < -0.39 is 0 Å². The molecule has 0 aliphatic heterocycles. The van der Waals surface area contributed by atoms with Crippen LogP contribution in [0.4, 0.5) is 0 Å². The normalized spacial score (nSPS) is 11.1. The van der Waals surface area contributed by atoms with Crippen molar-refractivity contribution in [3.63, 3.8) is 0 Å². The van der Waals surface area contributed by atoms with E-state index in [0.29, 0.717) is 40.6 Å². The summed E-state index contributed by atoms with van der Waals surface area (Å²) in [5.74, 6) is 1.81. The van der Waals surface area contributed by atoms with Crippen molar-refractivity contribution in [1.29, 1.82) is 0 Å². The van der Waals surface area contributed by atoms with E-state index in [0.717, 1.165) is 22.4 Å². The summed E-state index contributed by atoms with van der Waals surface area (Å²) in [6, 6.07) is 23.2. The van der Waals surface area contributed by atoms with E-state index in [4.69, 9.17) is 9.15 Å². The minimum absolute atomic E-state index is 0.161. The first-order valence-corrected chi connectivity index (χ1v) is 12.3. The van der Waals surface area contributed by atoms with E-state index in [2.05, 4.69) is 27.4 Å². The maximum absolute atomic E-state index is 13.1. The third kappa shape index (κ3) is 5.12. The number of rotatable bonds is 8. The van der Waals surface area contributed by atoms with Crippen molar-refractivity contribution in [1.82, 2.24) is 20.0 Å². The van der Waals surface area contributed by atoms with Crippen molar-refractivity contribution >= 4 is 22.5 Å². The van der Waals surface area contributed by atoms with Gasteiger partial charge in [0.05, 0.1) is 18.5 Å². The van der Waals surface area contributed by atoms with E-state index in [1.165, 1.54) is 16.4 Å². The van der Waals surface area contributed by atoms with E-state index in [9.17, 15) is 4.79 Å². The quantitative estimate of drug-likeness (QED) is 0.219. The smallest absolute Gasteiger partial charge is 0.277 e. The molecule has 35 heavy (non-hydrogen) atoms. The van der Waals surface area contributed by atoms with Gasteiger partial charge in [-0.15, -0.1) is 10.2 Å². The van der Waals surface area contributed by atoms with Crippen LogP contribution < -0.4 is 10.3 Å². The summed E-state index contributed by atoms with van der Waals surface area (Å²) in [5, 5.41) is 14.7. The Hall–Kier alpha value is -3.91. The molecule has 0 saturated carbocycles. The van der Waals surface area contributed by atoms with Crippen LogP contribution in [0, 0.1) is 13.8 Å². The summed E-state index contributed by atoms with van der Waals surface area (Å²) in [6.07, 6.45) is 0. The zero-order valence-electron chi connectivity index (χ0n) is 19.5. The minimum Gasteiger partial charge on any atom is -0.492 e. The SMILES string of the molecule is Cc1ccc(C)c(OCCSc2nnc(-c3nn(Cc4ccccc4)c(=O)c4ccccc34)o2)c1. The van der Waals surface area contributed by atoms with Crippen LogP contribution in [-0.4, -0.2) is 32.3 Å². The number of hydrogen-bond donors (Lipinski definition) is 0. The molecule has 0 aliphatic carbocycles. The van der Waals surface area contributed by atoms with Crippen LogP contribution in [-0.2, 0) is 6.54 Å². The van der Waals surface area contributed by atoms with Gasteiger partial charge in [0.15, 0.2) is 5.69 Å². The van der Waals surface area contributed by atoms with Gasteiger partial charge in [-0.3, -0.25) is 4.79 Å². The molecule has 5 rings (SSSR count). The lowest BCUT2D eigenvalue weighted by Gasteiger charge is -2.09. The Morgan fingerprint density at radius 1 is 0.943 bits per heavy atom. The second kappa shape index (κ2) is 10.1. The number of fused-ring (bicyclic) bond motifs is 1. The Kier molecular flexibility index (Phi) is 6.63. The summed E-state index contributed by atoms with van der Waals surface area (Å²) in [7, 11) is 0.